The van der Waals surface area contributed by atoms with Gasteiger partial charge in [0.2, 0.25) is 5.91 Å². The predicted molar refractivity (Wildman–Crippen MR) is 127 cm³/mol. The summed E-state index contributed by atoms with van der Waals surface area (Å²) in [5.74, 6) is -1.04. The van der Waals surface area contributed by atoms with Crippen molar-refractivity contribution in [3.63, 3.8) is 0 Å². The Hall–Kier alpha value is -2.59. The molecule has 3 atom stereocenters. The van der Waals surface area contributed by atoms with Gasteiger partial charge in [0.15, 0.2) is 0 Å². The first-order valence-corrected chi connectivity index (χ1v) is 12.3. The first-order valence-electron chi connectivity index (χ1n) is 10.9. The molecule has 2 aromatic carbocycles. The van der Waals surface area contributed by atoms with Gasteiger partial charge in [-0.05, 0) is 62.6 Å². The van der Waals surface area contributed by atoms with Gasteiger partial charge in [0, 0.05) is 16.5 Å². The maximum atomic E-state index is 14.6. The van der Waals surface area contributed by atoms with E-state index in [0.717, 1.165) is 29.9 Å². The third kappa shape index (κ3) is 5.72. The van der Waals surface area contributed by atoms with E-state index in [1.807, 2.05) is 24.3 Å². The average molecular weight is 506 g/mol. The van der Waals surface area contributed by atoms with Crippen LogP contribution in [0.5, 0.6) is 0 Å². The molecule has 0 radical (unpaired) electrons. The number of nitrogens with zero attached hydrogens (tertiary/aromatic N) is 2. The second-order valence-electron chi connectivity index (χ2n) is 8.40. The lowest BCUT2D eigenvalue weighted by atomic mass is 9.97. The van der Waals surface area contributed by atoms with Gasteiger partial charge in [0.25, 0.3) is 0 Å². The van der Waals surface area contributed by atoms with Gasteiger partial charge in [-0.1, -0.05) is 29.8 Å². The molecule has 1 saturated carbocycles. The van der Waals surface area contributed by atoms with Gasteiger partial charge in [-0.3, -0.25) is 13.5 Å². The minimum Gasteiger partial charge on any atom is -0.350 e. The minimum absolute atomic E-state index is 0.136. The van der Waals surface area contributed by atoms with Crippen LogP contribution < -0.4 is 5.32 Å². The average Bonchev–Trinajstić information content (AvgIpc) is 3.55. The first-order chi connectivity index (χ1) is 16.2. The number of rotatable bonds is 9. The number of benzene rings is 2. The lowest BCUT2D eigenvalue weighted by Crippen LogP contribution is -2.28. The number of carbonyl (C=O) groups excluding carboxylic acids is 1. The number of halogens is 2. The molecule has 180 valence electrons. The van der Waals surface area contributed by atoms with Crippen LogP contribution >= 0.6 is 11.6 Å². The summed E-state index contributed by atoms with van der Waals surface area (Å²) in [4.78, 5) is 12.9. The van der Waals surface area contributed by atoms with Crippen LogP contribution in [0.1, 0.15) is 67.1 Å². The molecule has 10 heteroatoms. The van der Waals surface area contributed by atoms with E-state index >= 15 is 0 Å². The molecule has 0 saturated heterocycles. The highest BCUT2D eigenvalue weighted by molar-refractivity contribution is 7.74. The van der Waals surface area contributed by atoms with E-state index in [1.54, 1.807) is 23.7 Å². The SMILES string of the molecule is CC(OS(=O)O)c1ccc(C(C)C(=O)NCc2cc(C3CC3)nn2-c2cccc(Cl)c2)cc1F. The van der Waals surface area contributed by atoms with Gasteiger partial charge in [-0.2, -0.15) is 9.31 Å². The van der Waals surface area contributed by atoms with E-state index in [-0.39, 0.29) is 18.0 Å². The van der Waals surface area contributed by atoms with Gasteiger partial charge >= 0.3 is 11.4 Å². The summed E-state index contributed by atoms with van der Waals surface area (Å²) in [5.41, 5.74) is 3.26. The van der Waals surface area contributed by atoms with Crippen LogP contribution in [0.2, 0.25) is 5.02 Å². The molecule has 1 amide bonds. The smallest absolute Gasteiger partial charge is 0.302 e. The van der Waals surface area contributed by atoms with Crippen molar-refractivity contribution in [1.29, 1.82) is 0 Å². The molecule has 1 aliphatic rings. The maximum Gasteiger partial charge on any atom is 0.302 e. The fraction of sp³-hybridized carbons (Fsp3) is 0.333. The van der Waals surface area contributed by atoms with Crippen molar-refractivity contribution in [3.05, 3.63) is 81.9 Å². The maximum absolute atomic E-state index is 14.6. The van der Waals surface area contributed by atoms with Crippen molar-refractivity contribution in [3.8, 4) is 5.69 Å². The Bertz CT molecular complexity index is 1230. The highest BCUT2D eigenvalue weighted by Gasteiger charge is 2.28. The molecular weight excluding hydrogens is 481 g/mol. The molecule has 3 unspecified atom stereocenters. The summed E-state index contributed by atoms with van der Waals surface area (Å²) in [6, 6.07) is 13.7. The molecule has 4 rings (SSSR count). The Morgan fingerprint density at radius 3 is 2.71 bits per heavy atom. The second kappa shape index (κ2) is 10.4. The molecule has 1 fully saturated rings. The van der Waals surface area contributed by atoms with E-state index in [4.69, 9.17) is 25.4 Å². The van der Waals surface area contributed by atoms with Gasteiger partial charge in [-0.15, -0.1) is 0 Å². The molecule has 3 aromatic rings. The van der Waals surface area contributed by atoms with Crippen LogP contribution in [-0.2, 0) is 26.9 Å². The van der Waals surface area contributed by atoms with Gasteiger partial charge < -0.3 is 5.32 Å². The summed E-state index contributed by atoms with van der Waals surface area (Å²) < 4.78 is 40.8. The standard InChI is InChI=1S/C24H25ClFN3O4S/c1-14(17-8-9-21(22(26)10-17)15(2)33-34(31)32)24(30)27-13-20-12-23(16-6-7-16)28-29(20)19-5-3-4-18(25)11-19/h3-5,8-12,14-16H,6-7,13H2,1-2H3,(H,27,30)(H,31,32). The van der Waals surface area contributed by atoms with Gasteiger partial charge in [0.05, 0.1) is 29.5 Å². The molecule has 0 bridgehead atoms. The molecule has 0 spiro atoms. The van der Waals surface area contributed by atoms with Crippen LogP contribution in [0, 0.1) is 5.82 Å². The number of hydrogen-bond acceptors (Lipinski definition) is 4. The molecule has 34 heavy (non-hydrogen) atoms. The van der Waals surface area contributed by atoms with Crippen LogP contribution in [0.4, 0.5) is 4.39 Å². The quantitative estimate of drug-likeness (QED) is 0.391. The normalized spacial score (nSPS) is 16.1. The highest BCUT2D eigenvalue weighted by atomic mass is 35.5. The van der Waals surface area contributed by atoms with Gasteiger partial charge in [0.1, 0.15) is 11.9 Å². The minimum atomic E-state index is -2.51. The number of aromatic nitrogens is 2. The van der Waals surface area contributed by atoms with Crippen LogP contribution in [0.15, 0.2) is 48.5 Å². The number of hydrogen-bond donors (Lipinski definition) is 2. The zero-order valence-corrected chi connectivity index (χ0v) is 20.3. The summed E-state index contributed by atoms with van der Waals surface area (Å²) in [6.07, 6.45) is 1.31. The monoisotopic (exact) mass is 505 g/mol. The van der Waals surface area contributed by atoms with E-state index < -0.39 is 29.2 Å². The first kappa shape index (κ1) is 24.5. The van der Waals surface area contributed by atoms with Crippen molar-refractivity contribution in [2.24, 2.45) is 0 Å². The summed E-state index contributed by atoms with van der Waals surface area (Å²) in [7, 11) is 0. The Kier molecular flexibility index (Phi) is 7.47. The lowest BCUT2D eigenvalue weighted by Gasteiger charge is -2.16. The van der Waals surface area contributed by atoms with Crippen molar-refractivity contribution in [2.75, 3.05) is 0 Å². The molecule has 1 aromatic heterocycles. The van der Waals surface area contributed by atoms with Crippen molar-refractivity contribution < 1.29 is 22.1 Å². The Morgan fingerprint density at radius 2 is 2.06 bits per heavy atom. The van der Waals surface area contributed by atoms with E-state index in [0.29, 0.717) is 16.5 Å². The number of nitrogens with one attached hydrogen (secondary N) is 1. The van der Waals surface area contributed by atoms with Crippen molar-refractivity contribution >= 4 is 28.9 Å². The summed E-state index contributed by atoms with van der Waals surface area (Å²) in [5, 5.41) is 8.25. The molecule has 1 aliphatic carbocycles. The van der Waals surface area contributed by atoms with E-state index in [1.165, 1.54) is 19.1 Å². The highest BCUT2D eigenvalue weighted by Crippen LogP contribution is 2.39. The van der Waals surface area contributed by atoms with E-state index in [2.05, 4.69) is 5.32 Å². The second-order valence-corrected chi connectivity index (χ2v) is 9.47. The number of carbonyl (C=O) groups is 1. The molecule has 7 nitrogen and oxygen atoms in total. The molecule has 2 N–H and O–H groups in total. The lowest BCUT2D eigenvalue weighted by molar-refractivity contribution is -0.122. The molecule has 1 heterocycles. The van der Waals surface area contributed by atoms with Crippen LogP contribution in [-0.4, -0.2) is 24.4 Å². The largest absolute Gasteiger partial charge is 0.350 e. The summed E-state index contributed by atoms with van der Waals surface area (Å²) in [6.45, 7) is 3.42. The van der Waals surface area contributed by atoms with Gasteiger partial charge in [-0.25, -0.2) is 9.07 Å². The number of amides is 1. The van der Waals surface area contributed by atoms with Crippen LogP contribution in [0.3, 0.4) is 0 Å². The Labute approximate surface area is 204 Å². The molecular formula is C24H25ClFN3O4S. The predicted octanol–water partition coefficient (Wildman–Crippen LogP) is 5.18. The Balaban J connectivity index is 1.47. The van der Waals surface area contributed by atoms with E-state index in [9.17, 15) is 13.4 Å². The van der Waals surface area contributed by atoms with Crippen molar-refractivity contribution in [2.45, 2.75) is 51.2 Å². The Morgan fingerprint density at radius 1 is 1.29 bits per heavy atom. The fourth-order valence-electron chi connectivity index (χ4n) is 3.78. The third-order valence-corrected chi connectivity index (χ3v) is 6.56. The third-order valence-electron chi connectivity index (χ3n) is 5.88. The topological polar surface area (TPSA) is 93.4 Å². The zero-order valence-electron chi connectivity index (χ0n) is 18.7. The fourth-order valence-corrected chi connectivity index (χ4v) is 4.31. The van der Waals surface area contributed by atoms with Crippen molar-refractivity contribution in [1.82, 2.24) is 15.1 Å². The van der Waals surface area contributed by atoms with Crippen LogP contribution in [0.25, 0.3) is 5.69 Å². The summed E-state index contributed by atoms with van der Waals surface area (Å²) >= 11 is 3.65. The zero-order chi connectivity index (χ0) is 24.4. The molecule has 0 aliphatic heterocycles.